The van der Waals surface area contributed by atoms with Crippen LogP contribution in [-0.2, 0) is 14.0 Å². The lowest BCUT2D eigenvalue weighted by atomic mass is 9.71. The highest BCUT2D eigenvalue weighted by atomic mass is 16.7. The van der Waals surface area contributed by atoms with Crippen LogP contribution in [0.3, 0.4) is 0 Å². The maximum absolute atomic E-state index is 13.0. The maximum atomic E-state index is 13.0. The second-order valence-electron chi connectivity index (χ2n) is 9.08. The van der Waals surface area contributed by atoms with E-state index in [1.165, 1.54) is 0 Å². The highest BCUT2D eigenvalue weighted by Gasteiger charge is 2.54. The lowest BCUT2D eigenvalue weighted by Crippen LogP contribution is -2.44. The number of methoxy groups -OCH3 is 1. The molecule has 0 aromatic heterocycles. The van der Waals surface area contributed by atoms with Gasteiger partial charge in [0.15, 0.2) is 0 Å². The van der Waals surface area contributed by atoms with Crippen LogP contribution < -0.4 is 0 Å². The summed E-state index contributed by atoms with van der Waals surface area (Å²) < 4.78 is 17.6. The molecule has 0 aromatic rings. The monoisotopic (exact) mass is 381 g/mol. The summed E-state index contributed by atoms with van der Waals surface area (Å²) in [6, 6.07) is 0.169. The van der Waals surface area contributed by atoms with E-state index in [2.05, 4.69) is 32.6 Å². The first-order chi connectivity index (χ1) is 12.7. The summed E-state index contributed by atoms with van der Waals surface area (Å²) in [5.74, 6) is 0.250. The molecule has 3 aliphatic rings. The molecule has 3 fully saturated rings. The van der Waals surface area contributed by atoms with E-state index in [9.17, 15) is 4.79 Å². The number of hydrogen-bond donors (Lipinski definition) is 0. The number of nitrogens with zero attached hydrogens (tertiary/aromatic N) is 3. The first-order valence-corrected chi connectivity index (χ1v) is 10.3. The molecule has 2 amide bonds. The molecule has 8 heteroatoms. The number of urea groups is 1. The first-order valence-electron chi connectivity index (χ1n) is 10.3. The molecule has 3 heterocycles. The Bertz CT molecular complexity index is 515. The third-order valence-electron chi connectivity index (χ3n) is 6.62. The molecule has 1 unspecified atom stereocenters. The molecule has 154 valence electrons. The van der Waals surface area contributed by atoms with Gasteiger partial charge in [-0.05, 0) is 47.1 Å². The van der Waals surface area contributed by atoms with Gasteiger partial charge in [-0.3, -0.25) is 4.90 Å². The van der Waals surface area contributed by atoms with Crippen molar-refractivity contribution in [2.45, 2.75) is 57.6 Å². The van der Waals surface area contributed by atoms with E-state index in [0.29, 0.717) is 0 Å². The Morgan fingerprint density at radius 3 is 2.41 bits per heavy atom. The van der Waals surface area contributed by atoms with Gasteiger partial charge in [0.1, 0.15) is 0 Å². The van der Waals surface area contributed by atoms with Gasteiger partial charge in [-0.2, -0.15) is 0 Å². The Morgan fingerprint density at radius 2 is 1.74 bits per heavy atom. The number of rotatable bonds is 4. The summed E-state index contributed by atoms with van der Waals surface area (Å²) in [5.41, 5.74) is -0.628. The van der Waals surface area contributed by atoms with Crippen LogP contribution in [0, 0.1) is 0 Å². The van der Waals surface area contributed by atoms with E-state index in [1.54, 1.807) is 7.11 Å². The Hall–Kier alpha value is -0.825. The highest BCUT2D eigenvalue weighted by molar-refractivity contribution is 6.47. The quantitative estimate of drug-likeness (QED) is 0.697. The number of hydrogen-bond acceptors (Lipinski definition) is 5. The third kappa shape index (κ3) is 4.61. The molecule has 0 radical (unpaired) electrons. The smallest absolute Gasteiger partial charge is 0.403 e. The average Bonchev–Trinajstić information content (AvgIpc) is 3.07. The van der Waals surface area contributed by atoms with E-state index in [4.69, 9.17) is 14.0 Å². The molecule has 0 aromatic carbocycles. The van der Waals surface area contributed by atoms with Crippen LogP contribution in [-0.4, -0.2) is 98.6 Å². The van der Waals surface area contributed by atoms with E-state index >= 15 is 0 Å². The highest BCUT2D eigenvalue weighted by Crippen LogP contribution is 2.42. The number of amides is 2. The molecule has 7 nitrogen and oxygen atoms in total. The standard InChI is InChI=1S/C19H36BN3O4/c1-18(2)19(3,4)27-20(26-18)16-7-10-23(15-16)17(24)22-9-6-8-21(11-12-22)13-14-25-5/h16H,6-15H2,1-5H3. The summed E-state index contributed by atoms with van der Waals surface area (Å²) >= 11 is 0. The maximum Gasteiger partial charge on any atom is 0.463 e. The lowest BCUT2D eigenvalue weighted by molar-refractivity contribution is 0.00578. The van der Waals surface area contributed by atoms with Gasteiger partial charge in [-0.15, -0.1) is 0 Å². The second-order valence-corrected chi connectivity index (χ2v) is 9.08. The minimum atomic E-state index is -0.314. The van der Waals surface area contributed by atoms with Gasteiger partial charge < -0.3 is 23.8 Å². The largest absolute Gasteiger partial charge is 0.463 e. The van der Waals surface area contributed by atoms with Crippen molar-refractivity contribution in [3.63, 3.8) is 0 Å². The van der Waals surface area contributed by atoms with Gasteiger partial charge in [-0.25, -0.2) is 4.79 Å². The van der Waals surface area contributed by atoms with E-state index in [1.807, 2.05) is 9.80 Å². The molecular weight excluding hydrogens is 345 g/mol. The molecule has 27 heavy (non-hydrogen) atoms. The Kier molecular flexibility index (Phi) is 6.40. The lowest BCUT2D eigenvalue weighted by Gasteiger charge is -2.32. The van der Waals surface area contributed by atoms with Crippen LogP contribution in [0.1, 0.15) is 40.5 Å². The minimum absolute atomic E-state index is 0.169. The fourth-order valence-electron chi connectivity index (χ4n) is 4.07. The molecule has 0 N–H and O–H groups in total. The molecule has 0 aliphatic carbocycles. The van der Waals surface area contributed by atoms with Gasteiger partial charge in [0.05, 0.1) is 17.8 Å². The van der Waals surface area contributed by atoms with Crippen LogP contribution in [0.4, 0.5) is 4.79 Å². The molecular formula is C19H36BN3O4. The zero-order chi connectivity index (χ0) is 19.7. The van der Waals surface area contributed by atoms with Gasteiger partial charge in [0.2, 0.25) is 0 Å². The number of carbonyl (C=O) groups excluding carboxylic acids is 1. The topological polar surface area (TPSA) is 54.5 Å². The fraction of sp³-hybridized carbons (Fsp3) is 0.947. The van der Waals surface area contributed by atoms with Gasteiger partial charge in [-0.1, -0.05) is 0 Å². The summed E-state index contributed by atoms with van der Waals surface area (Å²) in [6.07, 6.45) is 1.96. The van der Waals surface area contributed by atoms with Gasteiger partial charge >= 0.3 is 13.1 Å². The van der Waals surface area contributed by atoms with Crippen molar-refractivity contribution in [3.05, 3.63) is 0 Å². The molecule has 0 saturated carbocycles. The molecule has 3 aliphatic heterocycles. The second kappa shape index (κ2) is 8.27. The van der Waals surface area contributed by atoms with Gasteiger partial charge in [0, 0.05) is 52.2 Å². The van der Waals surface area contributed by atoms with Crippen molar-refractivity contribution in [2.24, 2.45) is 0 Å². The SMILES string of the molecule is COCCN1CCCN(C(=O)N2CCC(B3OC(C)(C)C(C)(C)O3)C2)CC1. The minimum Gasteiger partial charge on any atom is -0.403 e. The predicted octanol–water partition coefficient (Wildman–Crippen LogP) is 1.93. The zero-order valence-corrected chi connectivity index (χ0v) is 17.7. The predicted molar refractivity (Wildman–Crippen MR) is 106 cm³/mol. The first kappa shape index (κ1) is 20.9. The Morgan fingerprint density at radius 1 is 1.04 bits per heavy atom. The molecule has 3 rings (SSSR count). The van der Waals surface area contributed by atoms with Gasteiger partial charge in [0.25, 0.3) is 0 Å². The van der Waals surface area contributed by atoms with Crippen molar-refractivity contribution in [2.75, 3.05) is 59.5 Å². The van der Waals surface area contributed by atoms with Crippen LogP contribution in [0.5, 0.6) is 0 Å². The van der Waals surface area contributed by atoms with Crippen LogP contribution in [0.25, 0.3) is 0 Å². The molecule has 0 spiro atoms. The normalized spacial score (nSPS) is 28.6. The summed E-state index contributed by atoms with van der Waals surface area (Å²) in [5, 5.41) is 0. The summed E-state index contributed by atoms with van der Waals surface area (Å²) in [7, 11) is 1.51. The van der Waals surface area contributed by atoms with Crippen molar-refractivity contribution < 1.29 is 18.8 Å². The molecule has 0 bridgehead atoms. The zero-order valence-electron chi connectivity index (χ0n) is 17.7. The van der Waals surface area contributed by atoms with Crippen molar-refractivity contribution in [3.8, 4) is 0 Å². The summed E-state index contributed by atoms with van der Waals surface area (Å²) in [4.78, 5) is 19.4. The Balaban J connectivity index is 1.51. The number of carbonyl (C=O) groups is 1. The molecule has 3 saturated heterocycles. The number of likely N-dealkylation sites (tertiary alicyclic amines) is 1. The average molecular weight is 381 g/mol. The van der Waals surface area contributed by atoms with E-state index in [0.717, 1.165) is 65.3 Å². The van der Waals surface area contributed by atoms with E-state index in [-0.39, 0.29) is 30.2 Å². The molecule has 1 atom stereocenters. The van der Waals surface area contributed by atoms with E-state index < -0.39 is 0 Å². The van der Waals surface area contributed by atoms with Crippen molar-refractivity contribution in [1.29, 1.82) is 0 Å². The van der Waals surface area contributed by atoms with Crippen LogP contribution in [0.15, 0.2) is 0 Å². The third-order valence-corrected chi connectivity index (χ3v) is 6.62. The summed E-state index contributed by atoms with van der Waals surface area (Å²) in [6.45, 7) is 15.1. The number of ether oxygens (including phenoxy) is 1. The van der Waals surface area contributed by atoms with Crippen molar-refractivity contribution in [1.82, 2.24) is 14.7 Å². The Labute approximate surface area is 164 Å². The van der Waals surface area contributed by atoms with Crippen molar-refractivity contribution >= 4 is 13.1 Å². The van der Waals surface area contributed by atoms with Crippen LogP contribution >= 0.6 is 0 Å². The van der Waals surface area contributed by atoms with Crippen LogP contribution in [0.2, 0.25) is 5.82 Å². The fourth-order valence-corrected chi connectivity index (χ4v) is 4.07.